The van der Waals surface area contributed by atoms with Crippen LogP contribution in [0.3, 0.4) is 0 Å². The third-order valence-electron chi connectivity index (χ3n) is 2.23. The van der Waals surface area contributed by atoms with E-state index in [2.05, 4.69) is 22.9 Å². The maximum atomic E-state index is 13.3. The Morgan fingerprint density at radius 3 is 2.86 bits per heavy atom. The van der Waals surface area contributed by atoms with Crippen molar-refractivity contribution in [1.82, 2.24) is 0 Å². The fourth-order valence-electron chi connectivity index (χ4n) is 1.38. The van der Waals surface area contributed by atoms with Gasteiger partial charge in [-0.2, -0.15) is 0 Å². The minimum atomic E-state index is -0.211. The van der Waals surface area contributed by atoms with Crippen molar-refractivity contribution in [3.63, 3.8) is 0 Å². The predicted molar refractivity (Wildman–Crippen MR) is 60.6 cm³/mol. The molecule has 0 radical (unpaired) electrons. The summed E-state index contributed by atoms with van der Waals surface area (Å²) in [6, 6.07) is 4.71. The Bertz CT molecular complexity index is 301. The van der Waals surface area contributed by atoms with Crippen LogP contribution in [-0.2, 0) is 0 Å². The van der Waals surface area contributed by atoms with Crippen molar-refractivity contribution in [3.8, 4) is 0 Å². The quantitative estimate of drug-likeness (QED) is 0.875. The molecule has 0 saturated carbocycles. The molecule has 0 amide bonds. The smallest absolute Gasteiger partial charge is 0.128 e. The van der Waals surface area contributed by atoms with Crippen LogP contribution in [0.5, 0.6) is 0 Å². The molecule has 0 aliphatic carbocycles. The Morgan fingerprint density at radius 2 is 2.21 bits per heavy atom. The number of rotatable bonds is 4. The summed E-state index contributed by atoms with van der Waals surface area (Å²) in [5.74, 6) is -0.211. The number of unbranched alkanes of at least 4 members (excludes halogenated alkanes) is 1. The van der Waals surface area contributed by atoms with Gasteiger partial charge in [-0.05, 0) is 24.6 Å². The van der Waals surface area contributed by atoms with E-state index in [9.17, 15) is 4.39 Å². The second-order valence-corrected chi connectivity index (χ2v) is 4.33. The molecule has 1 aromatic carbocycles. The van der Waals surface area contributed by atoms with Gasteiger partial charge >= 0.3 is 0 Å². The first-order valence-corrected chi connectivity index (χ1v) is 5.65. The van der Waals surface area contributed by atoms with Gasteiger partial charge in [0.2, 0.25) is 0 Å². The Balaban J connectivity index is 2.77. The average Bonchev–Trinajstić information content (AvgIpc) is 2.18. The fourth-order valence-corrected chi connectivity index (χ4v) is 1.76. The molecule has 0 bridgehead atoms. The van der Waals surface area contributed by atoms with Crippen molar-refractivity contribution < 1.29 is 4.39 Å². The van der Waals surface area contributed by atoms with Gasteiger partial charge in [0.05, 0.1) is 0 Å². The topological polar surface area (TPSA) is 26.0 Å². The second kappa shape index (κ2) is 5.47. The monoisotopic (exact) mass is 259 g/mol. The molecule has 0 unspecified atom stereocenters. The zero-order valence-corrected chi connectivity index (χ0v) is 9.85. The van der Waals surface area contributed by atoms with E-state index in [0.717, 1.165) is 23.7 Å². The third-order valence-corrected chi connectivity index (χ3v) is 2.72. The lowest BCUT2D eigenvalue weighted by atomic mass is 10.0. The van der Waals surface area contributed by atoms with Crippen LogP contribution in [0.1, 0.15) is 37.8 Å². The maximum absolute atomic E-state index is 13.3. The molecule has 0 fully saturated rings. The Kier molecular flexibility index (Phi) is 4.55. The van der Waals surface area contributed by atoms with Gasteiger partial charge in [-0.15, -0.1) is 0 Å². The molecule has 0 aliphatic heterocycles. The lowest BCUT2D eigenvalue weighted by Crippen LogP contribution is -2.11. The molecular weight excluding hydrogens is 245 g/mol. The standard InChI is InChI=1S/C11H15BrFN/c1-2-3-4-11(14)9-7-8(12)5-6-10(9)13/h5-7,11H,2-4,14H2,1H3/t11-/m0/s1. The van der Waals surface area contributed by atoms with Crippen LogP contribution >= 0.6 is 15.9 Å². The third kappa shape index (κ3) is 3.07. The van der Waals surface area contributed by atoms with Gasteiger partial charge < -0.3 is 5.73 Å². The summed E-state index contributed by atoms with van der Waals surface area (Å²) in [6.07, 6.45) is 2.96. The highest BCUT2D eigenvalue weighted by Crippen LogP contribution is 2.23. The molecule has 0 aromatic heterocycles. The summed E-state index contributed by atoms with van der Waals surface area (Å²) < 4.78 is 14.2. The summed E-state index contributed by atoms with van der Waals surface area (Å²) >= 11 is 3.31. The van der Waals surface area contributed by atoms with Crippen molar-refractivity contribution in [3.05, 3.63) is 34.1 Å². The lowest BCUT2D eigenvalue weighted by Gasteiger charge is -2.12. The molecule has 0 aliphatic rings. The minimum absolute atomic E-state index is 0.188. The molecular formula is C11H15BrFN. The summed E-state index contributed by atoms with van der Waals surface area (Å²) in [5.41, 5.74) is 6.49. The van der Waals surface area contributed by atoms with Gasteiger partial charge in [0.25, 0.3) is 0 Å². The highest BCUT2D eigenvalue weighted by atomic mass is 79.9. The molecule has 1 rings (SSSR count). The first kappa shape index (κ1) is 11.7. The molecule has 1 nitrogen and oxygen atoms in total. The zero-order chi connectivity index (χ0) is 10.6. The second-order valence-electron chi connectivity index (χ2n) is 3.41. The molecule has 78 valence electrons. The normalized spacial score (nSPS) is 12.9. The predicted octanol–water partition coefficient (Wildman–Crippen LogP) is 3.78. The van der Waals surface area contributed by atoms with Crippen molar-refractivity contribution in [2.24, 2.45) is 5.73 Å². The number of nitrogens with two attached hydrogens (primary N) is 1. The van der Waals surface area contributed by atoms with Crippen LogP contribution in [0.15, 0.2) is 22.7 Å². The minimum Gasteiger partial charge on any atom is -0.324 e. The molecule has 2 N–H and O–H groups in total. The lowest BCUT2D eigenvalue weighted by molar-refractivity contribution is 0.547. The highest BCUT2D eigenvalue weighted by Gasteiger charge is 2.10. The SMILES string of the molecule is CCCC[C@H](N)c1cc(Br)ccc1F. The van der Waals surface area contributed by atoms with Crippen molar-refractivity contribution in [1.29, 1.82) is 0 Å². The Morgan fingerprint density at radius 1 is 1.50 bits per heavy atom. The summed E-state index contributed by atoms with van der Waals surface area (Å²) in [4.78, 5) is 0. The van der Waals surface area contributed by atoms with E-state index in [1.54, 1.807) is 12.1 Å². The van der Waals surface area contributed by atoms with Gasteiger partial charge in [-0.3, -0.25) is 0 Å². The van der Waals surface area contributed by atoms with Crippen molar-refractivity contribution in [2.45, 2.75) is 32.2 Å². The highest BCUT2D eigenvalue weighted by molar-refractivity contribution is 9.10. The fraction of sp³-hybridized carbons (Fsp3) is 0.455. The molecule has 14 heavy (non-hydrogen) atoms. The van der Waals surface area contributed by atoms with Crippen LogP contribution < -0.4 is 5.73 Å². The number of benzene rings is 1. The Labute approximate surface area is 92.6 Å². The summed E-state index contributed by atoms with van der Waals surface area (Å²) in [7, 11) is 0. The molecule has 1 aromatic rings. The van der Waals surface area contributed by atoms with E-state index in [4.69, 9.17) is 5.73 Å². The van der Waals surface area contributed by atoms with E-state index in [1.807, 2.05) is 0 Å². The molecule has 1 atom stereocenters. The Hall–Kier alpha value is -0.410. The van der Waals surface area contributed by atoms with Crippen LogP contribution in [-0.4, -0.2) is 0 Å². The van der Waals surface area contributed by atoms with Gasteiger partial charge in [0.15, 0.2) is 0 Å². The summed E-state index contributed by atoms with van der Waals surface area (Å²) in [5, 5.41) is 0. The van der Waals surface area contributed by atoms with Gasteiger partial charge in [0.1, 0.15) is 5.82 Å². The van der Waals surface area contributed by atoms with Gasteiger partial charge in [0, 0.05) is 16.1 Å². The van der Waals surface area contributed by atoms with E-state index in [1.165, 1.54) is 6.07 Å². The maximum Gasteiger partial charge on any atom is 0.128 e. The number of hydrogen-bond acceptors (Lipinski definition) is 1. The van der Waals surface area contributed by atoms with Crippen LogP contribution in [0.4, 0.5) is 4.39 Å². The van der Waals surface area contributed by atoms with E-state index >= 15 is 0 Å². The number of halogens is 2. The van der Waals surface area contributed by atoms with E-state index in [0.29, 0.717) is 5.56 Å². The van der Waals surface area contributed by atoms with Gasteiger partial charge in [-0.1, -0.05) is 35.7 Å². The molecule has 3 heteroatoms. The van der Waals surface area contributed by atoms with Gasteiger partial charge in [-0.25, -0.2) is 4.39 Å². The molecule has 0 saturated heterocycles. The van der Waals surface area contributed by atoms with E-state index in [-0.39, 0.29) is 11.9 Å². The number of hydrogen-bond donors (Lipinski definition) is 1. The van der Waals surface area contributed by atoms with Crippen LogP contribution in [0.2, 0.25) is 0 Å². The first-order chi connectivity index (χ1) is 6.65. The molecule has 0 spiro atoms. The van der Waals surface area contributed by atoms with Crippen LogP contribution in [0.25, 0.3) is 0 Å². The average molecular weight is 260 g/mol. The largest absolute Gasteiger partial charge is 0.324 e. The summed E-state index contributed by atoms with van der Waals surface area (Å²) in [6.45, 7) is 2.10. The van der Waals surface area contributed by atoms with Crippen molar-refractivity contribution >= 4 is 15.9 Å². The van der Waals surface area contributed by atoms with E-state index < -0.39 is 0 Å². The van der Waals surface area contributed by atoms with Crippen LogP contribution in [0, 0.1) is 5.82 Å². The zero-order valence-electron chi connectivity index (χ0n) is 8.26. The first-order valence-electron chi connectivity index (χ1n) is 4.85. The molecule has 0 heterocycles. The van der Waals surface area contributed by atoms with Crippen molar-refractivity contribution in [2.75, 3.05) is 0 Å².